The molecule has 0 amide bonds. The van der Waals surface area contributed by atoms with Crippen LogP contribution in [0.4, 0.5) is 0 Å². The fourth-order valence-electron chi connectivity index (χ4n) is 2.12. The van der Waals surface area contributed by atoms with Gasteiger partial charge in [-0.1, -0.05) is 18.2 Å². The monoisotopic (exact) mass is 345 g/mol. The van der Waals surface area contributed by atoms with Crippen molar-refractivity contribution in [2.45, 2.75) is 26.1 Å². The average Bonchev–Trinajstić information content (AvgIpc) is 3.03. The van der Waals surface area contributed by atoms with Crippen LogP contribution in [0.15, 0.2) is 42.1 Å². The Morgan fingerprint density at radius 3 is 2.76 bits per heavy atom. The topological polar surface area (TPSA) is 129 Å². The number of carboxylic acids is 1. The first kappa shape index (κ1) is 18.4. The fourth-order valence-corrected chi connectivity index (χ4v) is 2.12. The van der Waals surface area contributed by atoms with E-state index < -0.39 is 12.3 Å². The van der Waals surface area contributed by atoms with Gasteiger partial charge in [0.15, 0.2) is 6.29 Å². The third kappa shape index (κ3) is 5.00. The molecule has 0 saturated carbocycles. The molecule has 0 saturated heterocycles. The third-order valence-electron chi connectivity index (χ3n) is 3.47. The SMILES string of the molecule is C/C=C(\C=C/c1cnn(-c2cc(CCC(=O)O)ccc2O)n1)C(O)O. The summed E-state index contributed by atoms with van der Waals surface area (Å²) in [5, 5.41) is 45.3. The van der Waals surface area contributed by atoms with Gasteiger partial charge in [0, 0.05) is 12.0 Å². The molecule has 0 unspecified atom stereocenters. The molecule has 0 bridgehead atoms. The quantitative estimate of drug-likeness (QED) is 0.439. The summed E-state index contributed by atoms with van der Waals surface area (Å²) < 4.78 is 0. The largest absolute Gasteiger partial charge is 0.506 e. The Morgan fingerprint density at radius 2 is 2.12 bits per heavy atom. The molecule has 1 aromatic heterocycles. The number of aliphatic carboxylic acids is 1. The predicted molar refractivity (Wildman–Crippen MR) is 90.0 cm³/mol. The molecule has 132 valence electrons. The van der Waals surface area contributed by atoms with Crippen molar-refractivity contribution in [2.75, 3.05) is 0 Å². The summed E-state index contributed by atoms with van der Waals surface area (Å²) in [4.78, 5) is 11.9. The van der Waals surface area contributed by atoms with E-state index in [-0.39, 0.29) is 12.2 Å². The molecular weight excluding hydrogens is 326 g/mol. The van der Waals surface area contributed by atoms with Gasteiger partial charge in [-0.3, -0.25) is 4.79 Å². The van der Waals surface area contributed by atoms with E-state index in [0.29, 0.717) is 23.4 Å². The minimum Gasteiger partial charge on any atom is -0.506 e. The van der Waals surface area contributed by atoms with Crippen LogP contribution in [0, 0.1) is 0 Å². The summed E-state index contributed by atoms with van der Waals surface area (Å²) in [6, 6.07) is 4.74. The number of hydrogen-bond donors (Lipinski definition) is 4. The number of carbonyl (C=O) groups is 1. The highest BCUT2D eigenvalue weighted by molar-refractivity contribution is 5.67. The molecule has 0 spiro atoms. The molecule has 0 atom stereocenters. The molecular formula is C17H19N3O5. The summed E-state index contributed by atoms with van der Waals surface area (Å²) in [5.74, 6) is -0.935. The van der Waals surface area contributed by atoms with Crippen LogP contribution in [-0.2, 0) is 11.2 Å². The molecule has 4 N–H and O–H groups in total. The van der Waals surface area contributed by atoms with Crippen LogP contribution in [0.1, 0.15) is 24.6 Å². The molecule has 0 aliphatic rings. The first-order chi connectivity index (χ1) is 11.9. The molecule has 8 nitrogen and oxygen atoms in total. The molecule has 2 rings (SSSR count). The van der Waals surface area contributed by atoms with Crippen molar-refractivity contribution in [2.24, 2.45) is 0 Å². The minimum absolute atomic E-state index is 0.0135. The van der Waals surface area contributed by atoms with Crippen LogP contribution in [-0.4, -0.2) is 47.7 Å². The number of allylic oxidation sites excluding steroid dienone is 1. The lowest BCUT2D eigenvalue weighted by Gasteiger charge is -2.06. The van der Waals surface area contributed by atoms with Gasteiger partial charge in [0.25, 0.3) is 0 Å². The minimum atomic E-state index is -1.58. The van der Waals surface area contributed by atoms with Crippen molar-refractivity contribution in [1.29, 1.82) is 0 Å². The zero-order valence-electron chi connectivity index (χ0n) is 13.6. The lowest BCUT2D eigenvalue weighted by molar-refractivity contribution is -0.136. The highest BCUT2D eigenvalue weighted by atomic mass is 16.5. The zero-order chi connectivity index (χ0) is 18.4. The van der Waals surface area contributed by atoms with Gasteiger partial charge in [-0.2, -0.15) is 5.10 Å². The molecule has 0 fully saturated rings. The second-order valence-electron chi connectivity index (χ2n) is 5.27. The summed E-state index contributed by atoms with van der Waals surface area (Å²) in [5.41, 5.74) is 1.84. The molecule has 8 heteroatoms. The molecule has 0 radical (unpaired) electrons. The van der Waals surface area contributed by atoms with Crippen molar-refractivity contribution in [3.63, 3.8) is 0 Å². The average molecular weight is 345 g/mol. The molecule has 1 heterocycles. The number of phenolic OH excluding ortho intramolecular Hbond substituents is 1. The number of nitrogens with zero attached hydrogens (tertiary/aromatic N) is 3. The Hall–Kier alpha value is -2.97. The lowest BCUT2D eigenvalue weighted by Crippen LogP contribution is -2.05. The van der Waals surface area contributed by atoms with Crippen LogP contribution < -0.4 is 0 Å². The Morgan fingerprint density at radius 1 is 1.36 bits per heavy atom. The van der Waals surface area contributed by atoms with E-state index >= 15 is 0 Å². The number of aromatic nitrogens is 3. The van der Waals surface area contributed by atoms with Crippen molar-refractivity contribution >= 4 is 12.0 Å². The van der Waals surface area contributed by atoms with Crippen LogP contribution >= 0.6 is 0 Å². The summed E-state index contributed by atoms with van der Waals surface area (Å²) in [7, 11) is 0. The van der Waals surface area contributed by atoms with Crippen LogP contribution in [0.5, 0.6) is 5.75 Å². The number of hydrogen-bond acceptors (Lipinski definition) is 6. The van der Waals surface area contributed by atoms with Gasteiger partial charge in [0.1, 0.15) is 17.1 Å². The van der Waals surface area contributed by atoms with Crippen LogP contribution in [0.25, 0.3) is 11.8 Å². The normalized spacial score (nSPS) is 12.2. The number of rotatable bonds is 7. The van der Waals surface area contributed by atoms with Gasteiger partial charge < -0.3 is 20.4 Å². The van der Waals surface area contributed by atoms with Gasteiger partial charge in [0.05, 0.1) is 6.20 Å². The zero-order valence-corrected chi connectivity index (χ0v) is 13.6. The lowest BCUT2D eigenvalue weighted by atomic mass is 10.1. The number of carboxylic acid groups (broad SMARTS) is 1. The number of aliphatic hydroxyl groups excluding tert-OH is 1. The first-order valence-electron chi connectivity index (χ1n) is 7.57. The van der Waals surface area contributed by atoms with E-state index in [4.69, 9.17) is 15.3 Å². The maximum absolute atomic E-state index is 10.7. The number of phenols is 1. The number of aryl methyl sites for hydroxylation is 1. The maximum Gasteiger partial charge on any atom is 0.303 e. The third-order valence-corrected chi connectivity index (χ3v) is 3.47. The van der Waals surface area contributed by atoms with E-state index in [2.05, 4.69) is 10.2 Å². The summed E-state index contributed by atoms with van der Waals surface area (Å²) in [6.45, 7) is 1.68. The van der Waals surface area contributed by atoms with Crippen LogP contribution in [0.2, 0.25) is 0 Å². The fraction of sp³-hybridized carbons (Fsp3) is 0.235. The van der Waals surface area contributed by atoms with Crippen molar-refractivity contribution in [3.8, 4) is 11.4 Å². The second kappa shape index (κ2) is 8.22. The van der Waals surface area contributed by atoms with E-state index in [9.17, 15) is 9.90 Å². The molecule has 0 aliphatic carbocycles. The summed E-state index contributed by atoms with van der Waals surface area (Å²) >= 11 is 0. The van der Waals surface area contributed by atoms with Gasteiger partial charge in [-0.15, -0.1) is 9.90 Å². The Kier molecular flexibility index (Phi) is 6.04. The van der Waals surface area contributed by atoms with E-state index in [1.54, 1.807) is 31.2 Å². The molecule has 0 aliphatic heterocycles. The molecule has 1 aromatic carbocycles. The smallest absolute Gasteiger partial charge is 0.303 e. The van der Waals surface area contributed by atoms with Gasteiger partial charge >= 0.3 is 5.97 Å². The highest BCUT2D eigenvalue weighted by Crippen LogP contribution is 2.22. The second-order valence-corrected chi connectivity index (χ2v) is 5.27. The number of aromatic hydroxyl groups is 1. The van der Waals surface area contributed by atoms with E-state index in [1.807, 2.05) is 0 Å². The standard InChI is InChI=1S/C17H19N3O5/c1-2-12(17(24)25)5-6-13-10-18-20(19-13)14-9-11(3-7-15(14)21)4-8-16(22)23/h2-3,5-7,9-10,17,21,24-25H,4,8H2,1H3,(H,22,23)/b6-5-,12-2+. The van der Waals surface area contributed by atoms with Gasteiger partial charge in [-0.25, -0.2) is 0 Å². The highest BCUT2D eigenvalue weighted by Gasteiger charge is 2.09. The Labute approximate surface area is 144 Å². The Bertz CT molecular complexity index is 808. The first-order valence-corrected chi connectivity index (χ1v) is 7.57. The van der Waals surface area contributed by atoms with Crippen molar-refractivity contribution in [3.05, 3.63) is 53.4 Å². The van der Waals surface area contributed by atoms with Crippen molar-refractivity contribution in [1.82, 2.24) is 15.0 Å². The predicted octanol–water partition coefficient (Wildman–Crippen LogP) is 1.26. The summed E-state index contributed by atoms with van der Waals surface area (Å²) in [6.07, 6.45) is 4.81. The van der Waals surface area contributed by atoms with E-state index in [0.717, 1.165) is 5.56 Å². The molecule has 2 aromatic rings. The maximum atomic E-state index is 10.7. The van der Waals surface area contributed by atoms with Gasteiger partial charge in [-0.05, 0) is 37.1 Å². The molecule has 25 heavy (non-hydrogen) atoms. The van der Waals surface area contributed by atoms with E-state index in [1.165, 1.54) is 23.1 Å². The van der Waals surface area contributed by atoms with Crippen molar-refractivity contribution < 1.29 is 25.2 Å². The Balaban J connectivity index is 2.22. The van der Waals surface area contributed by atoms with Crippen LogP contribution in [0.3, 0.4) is 0 Å². The van der Waals surface area contributed by atoms with Gasteiger partial charge in [0.2, 0.25) is 0 Å². The number of aliphatic hydroxyl groups is 2. The number of benzene rings is 1.